The van der Waals surface area contributed by atoms with Gasteiger partial charge in [-0.05, 0) is 34.4 Å². The molecule has 0 saturated carbocycles. The molecule has 1 aliphatic heterocycles. The lowest BCUT2D eigenvalue weighted by atomic mass is 9.90. The van der Waals surface area contributed by atoms with E-state index in [-0.39, 0.29) is 19.1 Å². The molecule has 226 valence electrons. The minimum Gasteiger partial charge on any atom is -0.463 e. The Morgan fingerprint density at radius 1 is 0.857 bits per heavy atom. The predicted molar refractivity (Wildman–Crippen MR) is 142 cm³/mol. The lowest BCUT2D eigenvalue weighted by molar-refractivity contribution is -0.376. The number of nitrogens with zero attached hydrogens (tertiary/aromatic N) is 3. The van der Waals surface area contributed by atoms with Crippen LogP contribution in [0, 0.1) is 0 Å². The molecule has 0 bridgehead atoms. The van der Waals surface area contributed by atoms with Crippen molar-refractivity contribution in [2.24, 2.45) is 5.73 Å². The van der Waals surface area contributed by atoms with Crippen molar-refractivity contribution in [1.82, 2.24) is 14.8 Å². The summed E-state index contributed by atoms with van der Waals surface area (Å²) in [4.78, 5) is 21.0. The molecule has 3 N–H and O–H groups in total. The summed E-state index contributed by atoms with van der Waals surface area (Å²) in [7, 11) is 0. The van der Waals surface area contributed by atoms with E-state index in [9.17, 15) is 36.2 Å². The summed E-state index contributed by atoms with van der Waals surface area (Å²) in [6, 6.07) is 13.7. The van der Waals surface area contributed by atoms with E-state index in [4.69, 9.17) is 10.5 Å². The summed E-state index contributed by atoms with van der Waals surface area (Å²) in [5.74, 6) is -0.360. The van der Waals surface area contributed by atoms with Gasteiger partial charge in [-0.25, -0.2) is 0 Å². The van der Waals surface area contributed by atoms with Gasteiger partial charge in [0.05, 0.1) is 0 Å². The van der Waals surface area contributed by atoms with Gasteiger partial charge in [-0.15, -0.1) is 0 Å². The Balaban J connectivity index is 1.44. The average Bonchev–Trinajstić information content (AvgIpc) is 2.96. The SMILES string of the molecule is NCCOC(=O)C1CN(Cc2ccc(-c3ccc(C(O)(C(F)(F)F)C(F)(F)F)cc3)cc2)CCN1Cc1ccncc1. The zero-order chi connectivity index (χ0) is 30.5. The van der Waals surface area contributed by atoms with Crippen molar-refractivity contribution in [3.8, 4) is 11.1 Å². The summed E-state index contributed by atoms with van der Waals surface area (Å²) >= 11 is 0. The Morgan fingerprint density at radius 3 is 1.95 bits per heavy atom. The Morgan fingerprint density at radius 2 is 1.40 bits per heavy atom. The third-order valence-corrected chi connectivity index (χ3v) is 7.16. The lowest BCUT2D eigenvalue weighted by Gasteiger charge is -2.40. The number of rotatable bonds is 9. The van der Waals surface area contributed by atoms with Gasteiger partial charge in [0.15, 0.2) is 0 Å². The maximum absolute atomic E-state index is 13.2. The molecule has 7 nitrogen and oxygen atoms in total. The molecule has 1 saturated heterocycles. The van der Waals surface area contributed by atoms with Crippen LogP contribution in [0.25, 0.3) is 11.1 Å². The van der Waals surface area contributed by atoms with Crippen LogP contribution in [-0.2, 0) is 28.2 Å². The van der Waals surface area contributed by atoms with Crippen LogP contribution in [0.5, 0.6) is 0 Å². The fourth-order valence-corrected chi connectivity index (χ4v) is 4.86. The van der Waals surface area contributed by atoms with Gasteiger partial charge in [-0.2, -0.15) is 26.3 Å². The lowest BCUT2D eigenvalue weighted by Crippen LogP contribution is -2.56. The van der Waals surface area contributed by atoms with Crippen LogP contribution in [0.3, 0.4) is 0 Å². The van der Waals surface area contributed by atoms with Gasteiger partial charge < -0.3 is 15.6 Å². The van der Waals surface area contributed by atoms with Gasteiger partial charge >= 0.3 is 18.3 Å². The van der Waals surface area contributed by atoms with Crippen molar-refractivity contribution in [2.75, 3.05) is 32.8 Å². The highest BCUT2D eigenvalue weighted by molar-refractivity contribution is 5.76. The number of aromatic nitrogens is 1. The van der Waals surface area contributed by atoms with E-state index in [0.717, 1.165) is 23.3 Å². The second-order valence-electron chi connectivity index (χ2n) is 10.0. The maximum atomic E-state index is 13.2. The number of carbonyl (C=O) groups excluding carboxylic acids is 1. The third kappa shape index (κ3) is 6.92. The Labute approximate surface area is 238 Å². The maximum Gasteiger partial charge on any atom is 0.430 e. The molecule has 4 rings (SSSR count). The van der Waals surface area contributed by atoms with Crippen molar-refractivity contribution in [2.45, 2.75) is 37.1 Å². The van der Waals surface area contributed by atoms with Crippen LogP contribution in [-0.4, -0.2) is 77.0 Å². The first-order valence-electron chi connectivity index (χ1n) is 13.1. The Hall–Kier alpha value is -3.52. The first-order valence-corrected chi connectivity index (χ1v) is 13.1. The number of hydrogen-bond acceptors (Lipinski definition) is 7. The summed E-state index contributed by atoms with van der Waals surface area (Å²) in [5.41, 5.74) is 2.07. The Bertz CT molecular complexity index is 1300. The molecule has 0 radical (unpaired) electrons. The summed E-state index contributed by atoms with van der Waals surface area (Å²) < 4.78 is 84.4. The van der Waals surface area contributed by atoms with Gasteiger partial charge in [0.2, 0.25) is 0 Å². The molecule has 42 heavy (non-hydrogen) atoms. The minimum atomic E-state index is -5.95. The molecule has 2 aromatic carbocycles. The van der Waals surface area contributed by atoms with Crippen molar-refractivity contribution in [1.29, 1.82) is 0 Å². The van der Waals surface area contributed by atoms with Gasteiger partial charge in [0.1, 0.15) is 12.6 Å². The van der Waals surface area contributed by atoms with E-state index in [1.807, 2.05) is 12.1 Å². The van der Waals surface area contributed by atoms with Gasteiger partial charge in [-0.3, -0.25) is 19.6 Å². The predicted octanol–water partition coefficient (Wildman–Crippen LogP) is 4.25. The number of carbonyl (C=O) groups is 1. The first-order chi connectivity index (χ1) is 19.8. The van der Waals surface area contributed by atoms with E-state index in [1.165, 1.54) is 0 Å². The smallest absolute Gasteiger partial charge is 0.430 e. The first kappa shape index (κ1) is 31.4. The van der Waals surface area contributed by atoms with E-state index in [1.54, 1.807) is 36.7 Å². The summed E-state index contributed by atoms with van der Waals surface area (Å²) in [5, 5.41) is 9.60. The van der Waals surface area contributed by atoms with E-state index in [0.29, 0.717) is 56.0 Å². The molecule has 1 fully saturated rings. The minimum absolute atomic E-state index is 0.118. The van der Waals surface area contributed by atoms with Crippen molar-refractivity contribution in [3.63, 3.8) is 0 Å². The molecule has 3 aromatic rings. The number of benzene rings is 2. The zero-order valence-electron chi connectivity index (χ0n) is 22.4. The van der Waals surface area contributed by atoms with Crippen LogP contribution < -0.4 is 5.73 Å². The highest BCUT2D eigenvalue weighted by Gasteiger charge is 2.71. The highest BCUT2D eigenvalue weighted by atomic mass is 19.4. The molecule has 0 amide bonds. The number of hydrogen-bond donors (Lipinski definition) is 2. The van der Waals surface area contributed by atoms with E-state index >= 15 is 0 Å². The average molecular weight is 597 g/mol. The standard InChI is InChI=1S/C29H30F6N4O3/c30-28(31,32)27(41,29(33,34)35)24-7-5-23(6-8-24)22-3-1-20(2-4-22)17-38-14-15-39(18-21-9-12-37-13-10-21)25(19-38)26(40)42-16-11-36/h1-10,12-13,25,41H,11,14-19,36H2. The van der Waals surface area contributed by atoms with Crippen molar-refractivity contribution < 1.29 is 41.0 Å². The number of alkyl halides is 6. The molecule has 13 heteroatoms. The van der Waals surface area contributed by atoms with Crippen molar-refractivity contribution >= 4 is 5.97 Å². The molecule has 1 aromatic heterocycles. The van der Waals surface area contributed by atoms with Crippen LogP contribution >= 0.6 is 0 Å². The number of ether oxygens (including phenoxy) is 1. The fraction of sp³-hybridized carbons (Fsp3) is 0.379. The second-order valence-corrected chi connectivity index (χ2v) is 10.0. The quantitative estimate of drug-likeness (QED) is 0.282. The number of nitrogens with two attached hydrogens (primary N) is 1. The molecular formula is C29H30F6N4O3. The van der Waals surface area contributed by atoms with Crippen LogP contribution in [0.4, 0.5) is 26.3 Å². The van der Waals surface area contributed by atoms with Crippen LogP contribution in [0.1, 0.15) is 16.7 Å². The molecule has 2 heterocycles. The van der Waals surface area contributed by atoms with Gasteiger partial charge in [0, 0.05) is 57.2 Å². The Kier molecular flexibility index (Phi) is 9.56. The molecule has 1 atom stereocenters. The monoisotopic (exact) mass is 596 g/mol. The number of piperazine rings is 1. The molecule has 0 spiro atoms. The van der Waals surface area contributed by atoms with Crippen LogP contribution in [0.2, 0.25) is 0 Å². The highest BCUT2D eigenvalue weighted by Crippen LogP contribution is 2.50. The molecular weight excluding hydrogens is 566 g/mol. The summed E-state index contributed by atoms with van der Waals surface area (Å²) in [6.45, 7) is 3.09. The number of esters is 1. The topological polar surface area (TPSA) is 91.9 Å². The zero-order valence-corrected chi connectivity index (χ0v) is 22.4. The largest absolute Gasteiger partial charge is 0.463 e. The number of aliphatic hydroxyl groups is 1. The van der Waals surface area contributed by atoms with Gasteiger partial charge in [0.25, 0.3) is 5.60 Å². The van der Waals surface area contributed by atoms with Crippen molar-refractivity contribution in [3.05, 3.63) is 89.7 Å². The number of halogens is 6. The van der Waals surface area contributed by atoms with Crippen LogP contribution in [0.15, 0.2) is 73.1 Å². The normalized spacial score (nSPS) is 17.3. The number of pyridine rings is 1. The fourth-order valence-electron chi connectivity index (χ4n) is 4.86. The van der Waals surface area contributed by atoms with E-state index < -0.39 is 29.6 Å². The second kappa shape index (κ2) is 12.8. The van der Waals surface area contributed by atoms with E-state index in [2.05, 4.69) is 14.8 Å². The van der Waals surface area contributed by atoms with Gasteiger partial charge in [-0.1, -0.05) is 48.5 Å². The summed E-state index contributed by atoms with van der Waals surface area (Å²) in [6.07, 6.45) is -8.51. The molecule has 1 aliphatic rings. The third-order valence-electron chi connectivity index (χ3n) is 7.16. The molecule has 0 aliphatic carbocycles. The molecule has 1 unspecified atom stereocenters.